The first-order valence-corrected chi connectivity index (χ1v) is 6.70. The van der Waals surface area contributed by atoms with Crippen LogP contribution in [0.3, 0.4) is 0 Å². The monoisotopic (exact) mass is 286 g/mol. The Morgan fingerprint density at radius 1 is 1.33 bits per heavy atom. The second-order valence-corrected chi connectivity index (χ2v) is 5.04. The van der Waals surface area contributed by atoms with E-state index in [1.807, 2.05) is 30.5 Å². The van der Waals surface area contributed by atoms with Gasteiger partial charge in [-0.05, 0) is 31.6 Å². The largest absolute Gasteiger partial charge is 0.480 e. The molecule has 3 N–H and O–H groups in total. The summed E-state index contributed by atoms with van der Waals surface area (Å²) in [4.78, 5) is 25.6. The van der Waals surface area contributed by atoms with Crippen molar-refractivity contribution in [1.29, 1.82) is 0 Å². The Morgan fingerprint density at radius 2 is 2.05 bits per heavy atom. The van der Waals surface area contributed by atoms with Gasteiger partial charge in [-0.3, -0.25) is 4.79 Å². The van der Waals surface area contributed by atoms with Gasteiger partial charge in [0.05, 0.1) is 0 Å². The maximum absolute atomic E-state index is 11.4. The number of rotatable bonds is 6. The van der Waals surface area contributed by atoms with Crippen molar-refractivity contribution in [2.75, 3.05) is 0 Å². The van der Waals surface area contributed by atoms with Gasteiger partial charge in [0.2, 0.25) is 0 Å². The van der Waals surface area contributed by atoms with E-state index in [0.29, 0.717) is 12.1 Å². The molecule has 1 aromatic carbocycles. The number of carboxylic acids is 1. The van der Waals surface area contributed by atoms with E-state index in [0.717, 1.165) is 16.5 Å². The van der Waals surface area contributed by atoms with E-state index in [9.17, 15) is 14.7 Å². The molecule has 0 radical (unpaired) electrons. The SMILES string of the molecule is CC(=O)/C=C(\C)NC(Cc1c[nH]c2ccccc12)C(=O)O. The third-order valence-corrected chi connectivity index (χ3v) is 3.22. The Labute approximate surface area is 122 Å². The minimum absolute atomic E-state index is 0.115. The van der Waals surface area contributed by atoms with Gasteiger partial charge in [-0.1, -0.05) is 18.2 Å². The lowest BCUT2D eigenvalue weighted by Gasteiger charge is -2.15. The molecule has 5 heteroatoms. The third-order valence-electron chi connectivity index (χ3n) is 3.22. The molecule has 2 rings (SSSR count). The topological polar surface area (TPSA) is 82.2 Å². The van der Waals surface area contributed by atoms with Crippen LogP contribution >= 0.6 is 0 Å². The van der Waals surface area contributed by atoms with Crippen LogP contribution in [0.25, 0.3) is 10.9 Å². The van der Waals surface area contributed by atoms with Crippen molar-refractivity contribution in [3.8, 4) is 0 Å². The summed E-state index contributed by atoms with van der Waals surface area (Å²) < 4.78 is 0. The number of hydrogen-bond donors (Lipinski definition) is 3. The summed E-state index contributed by atoms with van der Waals surface area (Å²) in [6.07, 6.45) is 3.56. The van der Waals surface area contributed by atoms with Gasteiger partial charge in [0.25, 0.3) is 0 Å². The summed E-state index contributed by atoms with van der Waals surface area (Å²) >= 11 is 0. The number of benzene rings is 1. The van der Waals surface area contributed by atoms with E-state index in [1.165, 1.54) is 13.0 Å². The van der Waals surface area contributed by atoms with Crippen LogP contribution in [0, 0.1) is 0 Å². The molecule has 0 amide bonds. The number of para-hydroxylation sites is 1. The van der Waals surface area contributed by atoms with E-state index in [2.05, 4.69) is 10.3 Å². The molecule has 0 fully saturated rings. The number of fused-ring (bicyclic) bond motifs is 1. The van der Waals surface area contributed by atoms with Crippen molar-refractivity contribution in [1.82, 2.24) is 10.3 Å². The fraction of sp³-hybridized carbons (Fsp3) is 0.250. The third kappa shape index (κ3) is 3.72. The number of aromatic nitrogens is 1. The molecule has 0 spiro atoms. The van der Waals surface area contributed by atoms with Crippen molar-refractivity contribution in [3.63, 3.8) is 0 Å². The molecule has 5 nitrogen and oxygen atoms in total. The number of carbonyl (C=O) groups is 2. The van der Waals surface area contributed by atoms with E-state index in [-0.39, 0.29) is 5.78 Å². The van der Waals surface area contributed by atoms with Gasteiger partial charge in [0, 0.05) is 29.2 Å². The van der Waals surface area contributed by atoms with Gasteiger partial charge < -0.3 is 15.4 Å². The van der Waals surface area contributed by atoms with Crippen LogP contribution in [0.2, 0.25) is 0 Å². The normalized spacial score (nSPS) is 13.1. The molecule has 2 aromatic rings. The minimum Gasteiger partial charge on any atom is -0.480 e. The maximum atomic E-state index is 11.4. The van der Waals surface area contributed by atoms with Crippen LogP contribution in [-0.4, -0.2) is 27.9 Å². The average Bonchev–Trinajstić information content (AvgIpc) is 2.80. The highest BCUT2D eigenvalue weighted by Crippen LogP contribution is 2.19. The van der Waals surface area contributed by atoms with Crippen molar-refractivity contribution in [3.05, 3.63) is 47.8 Å². The standard InChI is InChI=1S/C16H18N2O3/c1-10(7-11(2)19)18-15(16(20)21)8-12-9-17-14-6-4-3-5-13(12)14/h3-7,9,15,17-18H,8H2,1-2H3,(H,20,21)/b10-7+. The van der Waals surface area contributed by atoms with Crippen LogP contribution < -0.4 is 5.32 Å². The number of ketones is 1. The zero-order chi connectivity index (χ0) is 15.4. The summed E-state index contributed by atoms with van der Waals surface area (Å²) in [7, 11) is 0. The smallest absolute Gasteiger partial charge is 0.326 e. The van der Waals surface area contributed by atoms with Gasteiger partial charge in [-0.25, -0.2) is 4.79 Å². The molecule has 21 heavy (non-hydrogen) atoms. The van der Waals surface area contributed by atoms with E-state index >= 15 is 0 Å². The van der Waals surface area contributed by atoms with Gasteiger partial charge in [0.15, 0.2) is 5.78 Å². The van der Waals surface area contributed by atoms with Crippen LogP contribution in [0.4, 0.5) is 0 Å². The van der Waals surface area contributed by atoms with Gasteiger partial charge >= 0.3 is 5.97 Å². The number of nitrogens with one attached hydrogen (secondary N) is 2. The first-order chi connectivity index (χ1) is 9.97. The van der Waals surface area contributed by atoms with Crippen molar-refractivity contribution in [2.24, 2.45) is 0 Å². The van der Waals surface area contributed by atoms with E-state index in [4.69, 9.17) is 0 Å². The number of carboxylic acid groups (broad SMARTS) is 1. The predicted molar refractivity (Wildman–Crippen MR) is 81.0 cm³/mol. The van der Waals surface area contributed by atoms with Crippen LogP contribution in [0.15, 0.2) is 42.2 Å². The molecule has 0 bridgehead atoms. The number of H-pyrrole nitrogens is 1. The van der Waals surface area contributed by atoms with Crippen molar-refractivity contribution in [2.45, 2.75) is 26.3 Å². The van der Waals surface area contributed by atoms with Crippen LogP contribution in [0.5, 0.6) is 0 Å². The number of carbonyl (C=O) groups excluding carboxylic acids is 1. The summed E-state index contributed by atoms with van der Waals surface area (Å²) in [5.41, 5.74) is 2.46. The molecular formula is C16H18N2O3. The molecule has 1 unspecified atom stereocenters. The molecule has 1 aromatic heterocycles. The van der Waals surface area contributed by atoms with E-state index in [1.54, 1.807) is 6.92 Å². The van der Waals surface area contributed by atoms with E-state index < -0.39 is 12.0 Å². The molecule has 0 aliphatic heterocycles. The molecule has 0 aliphatic rings. The summed E-state index contributed by atoms with van der Waals surface area (Å²) in [6.45, 7) is 3.12. The van der Waals surface area contributed by atoms with Gasteiger partial charge in [-0.2, -0.15) is 0 Å². The fourth-order valence-corrected chi connectivity index (χ4v) is 2.34. The second-order valence-electron chi connectivity index (χ2n) is 5.04. The summed E-state index contributed by atoms with van der Waals surface area (Å²) in [6, 6.07) is 6.97. The first kappa shape index (κ1) is 14.8. The fourth-order valence-electron chi connectivity index (χ4n) is 2.34. The minimum atomic E-state index is -0.948. The first-order valence-electron chi connectivity index (χ1n) is 6.70. The Hall–Kier alpha value is -2.56. The molecule has 110 valence electrons. The zero-order valence-electron chi connectivity index (χ0n) is 12.0. The number of aromatic amines is 1. The quantitative estimate of drug-likeness (QED) is 0.711. The average molecular weight is 286 g/mol. The zero-order valence-corrected chi connectivity index (χ0v) is 12.0. The van der Waals surface area contributed by atoms with Crippen molar-refractivity contribution >= 4 is 22.7 Å². The second kappa shape index (κ2) is 6.26. The highest BCUT2D eigenvalue weighted by Gasteiger charge is 2.19. The molecule has 0 saturated heterocycles. The molecule has 1 heterocycles. The lowest BCUT2D eigenvalue weighted by atomic mass is 10.0. The highest BCUT2D eigenvalue weighted by molar-refractivity contribution is 5.88. The Balaban J connectivity index is 2.20. The molecule has 1 atom stereocenters. The summed E-state index contributed by atoms with van der Waals surface area (Å²) in [5, 5.41) is 13.2. The Bertz CT molecular complexity index is 700. The summed E-state index contributed by atoms with van der Waals surface area (Å²) in [5.74, 6) is -1.06. The maximum Gasteiger partial charge on any atom is 0.326 e. The molecule has 0 saturated carbocycles. The van der Waals surface area contributed by atoms with Gasteiger partial charge in [-0.15, -0.1) is 0 Å². The van der Waals surface area contributed by atoms with Crippen LogP contribution in [0.1, 0.15) is 19.4 Å². The molecular weight excluding hydrogens is 268 g/mol. The lowest BCUT2D eigenvalue weighted by molar-refractivity contribution is -0.139. The Kier molecular flexibility index (Phi) is 4.42. The van der Waals surface area contributed by atoms with Gasteiger partial charge in [0.1, 0.15) is 6.04 Å². The van der Waals surface area contributed by atoms with Crippen molar-refractivity contribution < 1.29 is 14.7 Å². The Morgan fingerprint density at radius 3 is 2.71 bits per heavy atom. The predicted octanol–water partition coefficient (Wildman–Crippen LogP) is 2.25. The lowest BCUT2D eigenvalue weighted by Crippen LogP contribution is -2.37. The van der Waals surface area contributed by atoms with Crippen LogP contribution in [-0.2, 0) is 16.0 Å². The highest BCUT2D eigenvalue weighted by atomic mass is 16.4. The number of aliphatic carboxylic acids is 1. The number of allylic oxidation sites excluding steroid dienone is 2. The number of hydrogen-bond acceptors (Lipinski definition) is 3. The molecule has 0 aliphatic carbocycles.